The number of hydrogen-bond donors (Lipinski definition) is 2. The Morgan fingerprint density at radius 2 is 1.70 bits per heavy atom. The molecule has 0 saturated carbocycles. The molecule has 0 aromatic rings. The SMILES string of the molecule is CCCCCCOCC(O)CNCC(CC)CCCC. The molecule has 2 N–H and O–H groups in total. The van der Waals surface area contributed by atoms with Crippen LogP contribution in [0.4, 0.5) is 0 Å². The van der Waals surface area contributed by atoms with E-state index in [1.54, 1.807) is 0 Å². The molecular weight excluding hydrogens is 250 g/mol. The van der Waals surface area contributed by atoms with E-state index >= 15 is 0 Å². The van der Waals surface area contributed by atoms with E-state index in [9.17, 15) is 5.11 Å². The summed E-state index contributed by atoms with van der Waals surface area (Å²) in [7, 11) is 0. The first-order valence-electron chi connectivity index (χ1n) is 8.71. The number of rotatable bonds is 15. The number of aliphatic hydroxyl groups is 1. The molecule has 2 atom stereocenters. The lowest BCUT2D eigenvalue weighted by Gasteiger charge is -2.17. The first-order valence-corrected chi connectivity index (χ1v) is 8.71. The van der Waals surface area contributed by atoms with Crippen molar-refractivity contribution in [2.75, 3.05) is 26.3 Å². The highest BCUT2D eigenvalue weighted by Crippen LogP contribution is 2.11. The molecule has 0 spiro atoms. The van der Waals surface area contributed by atoms with Crippen molar-refractivity contribution in [2.45, 2.75) is 78.2 Å². The zero-order valence-corrected chi connectivity index (χ0v) is 14.0. The van der Waals surface area contributed by atoms with Gasteiger partial charge < -0.3 is 15.2 Å². The molecule has 0 heterocycles. The summed E-state index contributed by atoms with van der Waals surface area (Å²) in [5.74, 6) is 0.747. The highest BCUT2D eigenvalue weighted by atomic mass is 16.5. The van der Waals surface area contributed by atoms with Crippen molar-refractivity contribution in [3.8, 4) is 0 Å². The zero-order chi connectivity index (χ0) is 15.1. The lowest BCUT2D eigenvalue weighted by atomic mass is 9.99. The van der Waals surface area contributed by atoms with Gasteiger partial charge in [0.25, 0.3) is 0 Å². The van der Waals surface area contributed by atoms with E-state index in [1.807, 2.05) is 0 Å². The normalized spacial score (nSPS) is 14.4. The van der Waals surface area contributed by atoms with Gasteiger partial charge in [-0.15, -0.1) is 0 Å². The van der Waals surface area contributed by atoms with Crippen LogP contribution in [0.25, 0.3) is 0 Å². The Kier molecular flexibility index (Phi) is 15.2. The lowest BCUT2D eigenvalue weighted by Crippen LogP contribution is -2.33. The Labute approximate surface area is 126 Å². The van der Waals surface area contributed by atoms with Gasteiger partial charge >= 0.3 is 0 Å². The number of hydrogen-bond acceptors (Lipinski definition) is 3. The monoisotopic (exact) mass is 287 g/mol. The van der Waals surface area contributed by atoms with Crippen LogP contribution in [0.5, 0.6) is 0 Å². The van der Waals surface area contributed by atoms with Crippen molar-refractivity contribution in [2.24, 2.45) is 5.92 Å². The van der Waals surface area contributed by atoms with Gasteiger partial charge in [0.2, 0.25) is 0 Å². The second kappa shape index (κ2) is 15.3. The number of nitrogens with one attached hydrogen (secondary N) is 1. The molecular formula is C17H37NO2. The maximum absolute atomic E-state index is 9.83. The summed E-state index contributed by atoms with van der Waals surface area (Å²) in [6, 6.07) is 0. The molecule has 0 aromatic heterocycles. The molecule has 0 rings (SSSR count). The molecule has 0 radical (unpaired) electrons. The van der Waals surface area contributed by atoms with Crippen molar-refractivity contribution < 1.29 is 9.84 Å². The quantitative estimate of drug-likeness (QED) is 0.451. The van der Waals surface area contributed by atoms with Crippen LogP contribution in [0.1, 0.15) is 72.1 Å². The molecule has 20 heavy (non-hydrogen) atoms. The van der Waals surface area contributed by atoms with Crippen molar-refractivity contribution in [3.05, 3.63) is 0 Å². The van der Waals surface area contributed by atoms with Gasteiger partial charge in [0.15, 0.2) is 0 Å². The average Bonchev–Trinajstić information content (AvgIpc) is 2.46. The molecule has 0 fully saturated rings. The number of aliphatic hydroxyl groups excluding tert-OH is 1. The molecule has 2 unspecified atom stereocenters. The third-order valence-corrected chi connectivity index (χ3v) is 3.81. The van der Waals surface area contributed by atoms with E-state index in [-0.39, 0.29) is 6.10 Å². The molecule has 3 heteroatoms. The fourth-order valence-corrected chi connectivity index (χ4v) is 2.31. The lowest BCUT2D eigenvalue weighted by molar-refractivity contribution is 0.0350. The average molecular weight is 287 g/mol. The minimum Gasteiger partial charge on any atom is -0.389 e. The highest BCUT2D eigenvalue weighted by Gasteiger charge is 2.08. The molecule has 0 aliphatic carbocycles. The van der Waals surface area contributed by atoms with Gasteiger partial charge in [0, 0.05) is 13.2 Å². The van der Waals surface area contributed by atoms with Crippen LogP contribution in [0.15, 0.2) is 0 Å². The summed E-state index contributed by atoms with van der Waals surface area (Å²) in [5, 5.41) is 13.2. The predicted octanol–water partition coefficient (Wildman–Crippen LogP) is 3.75. The van der Waals surface area contributed by atoms with Crippen molar-refractivity contribution >= 4 is 0 Å². The van der Waals surface area contributed by atoms with Crippen LogP contribution in [-0.4, -0.2) is 37.5 Å². The molecule has 0 aliphatic heterocycles. The van der Waals surface area contributed by atoms with Gasteiger partial charge in [0.05, 0.1) is 12.7 Å². The Morgan fingerprint density at radius 1 is 0.950 bits per heavy atom. The maximum Gasteiger partial charge on any atom is 0.0897 e. The molecule has 122 valence electrons. The van der Waals surface area contributed by atoms with Gasteiger partial charge in [-0.05, 0) is 25.3 Å². The van der Waals surface area contributed by atoms with Gasteiger partial charge in [-0.25, -0.2) is 0 Å². The molecule has 0 saturated heterocycles. The van der Waals surface area contributed by atoms with E-state index in [1.165, 1.54) is 44.9 Å². The summed E-state index contributed by atoms with van der Waals surface area (Å²) >= 11 is 0. The molecule has 3 nitrogen and oxygen atoms in total. The molecule has 0 amide bonds. The highest BCUT2D eigenvalue weighted by molar-refractivity contribution is 4.64. The summed E-state index contributed by atoms with van der Waals surface area (Å²) in [4.78, 5) is 0. The zero-order valence-electron chi connectivity index (χ0n) is 14.0. The van der Waals surface area contributed by atoms with Crippen molar-refractivity contribution in [3.63, 3.8) is 0 Å². The topological polar surface area (TPSA) is 41.5 Å². The van der Waals surface area contributed by atoms with E-state index < -0.39 is 0 Å². The van der Waals surface area contributed by atoms with Crippen LogP contribution < -0.4 is 5.32 Å². The largest absolute Gasteiger partial charge is 0.389 e. The second-order valence-electron chi connectivity index (χ2n) is 5.86. The standard InChI is InChI=1S/C17H37NO2/c1-4-7-9-10-12-20-15-17(19)14-18-13-16(6-3)11-8-5-2/h16-19H,4-15H2,1-3H3. The molecule has 0 aromatic carbocycles. The molecule has 0 aliphatic rings. The Hall–Kier alpha value is -0.120. The van der Waals surface area contributed by atoms with Gasteiger partial charge in [-0.2, -0.15) is 0 Å². The minimum absolute atomic E-state index is 0.371. The van der Waals surface area contributed by atoms with E-state index in [4.69, 9.17) is 4.74 Å². The van der Waals surface area contributed by atoms with E-state index in [0.717, 1.165) is 25.5 Å². The van der Waals surface area contributed by atoms with Crippen molar-refractivity contribution in [1.82, 2.24) is 5.32 Å². The smallest absolute Gasteiger partial charge is 0.0897 e. The number of ether oxygens (including phenoxy) is 1. The summed E-state index contributed by atoms with van der Waals surface area (Å²) in [5.41, 5.74) is 0. The molecule has 0 bridgehead atoms. The Morgan fingerprint density at radius 3 is 2.35 bits per heavy atom. The van der Waals surface area contributed by atoms with Crippen LogP contribution >= 0.6 is 0 Å². The van der Waals surface area contributed by atoms with Gasteiger partial charge in [-0.3, -0.25) is 0 Å². The summed E-state index contributed by atoms with van der Waals surface area (Å²) < 4.78 is 5.50. The van der Waals surface area contributed by atoms with Crippen LogP contribution in [0.3, 0.4) is 0 Å². The van der Waals surface area contributed by atoms with Gasteiger partial charge in [0.1, 0.15) is 0 Å². The van der Waals surface area contributed by atoms with E-state index in [2.05, 4.69) is 26.1 Å². The van der Waals surface area contributed by atoms with E-state index in [0.29, 0.717) is 13.2 Å². The Bertz CT molecular complexity index is 188. The second-order valence-corrected chi connectivity index (χ2v) is 5.86. The van der Waals surface area contributed by atoms with Crippen molar-refractivity contribution in [1.29, 1.82) is 0 Å². The first-order chi connectivity index (χ1) is 9.74. The third kappa shape index (κ3) is 12.9. The predicted molar refractivity (Wildman–Crippen MR) is 87.1 cm³/mol. The number of unbranched alkanes of at least 4 members (excludes halogenated alkanes) is 4. The van der Waals surface area contributed by atoms with Crippen LogP contribution in [-0.2, 0) is 4.74 Å². The Balaban J connectivity index is 3.40. The first kappa shape index (κ1) is 19.9. The minimum atomic E-state index is -0.371. The fourth-order valence-electron chi connectivity index (χ4n) is 2.31. The van der Waals surface area contributed by atoms with Crippen LogP contribution in [0, 0.1) is 5.92 Å². The van der Waals surface area contributed by atoms with Gasteiger partial charge in [-0.1, -0.05) is 59.3 Å². The summed E-state index contributed by atoms with van der Waals surface area (Å²) in [6.07, 6.45) is 9.61. The fraction of sp³-hybridized carbons (Fsp3) is 1.00. The summed E-state index contributed by atoms with van der Waals surface area (Å²) in [6.45, 7) is 9.61. The van der Waals surface area contributed by atoms with Crippen LogP contribution in [0.2, 0.25) is 0 Å². The third-order valence-electron chi connectivity index (χ3n) is 3.81. The maximum atomic E-state index is 9.83.